The molecule has 0 aromatic heterocycles. The number of nitrogens with one attached hydrogen (secondary N) is 1. The van der Waals surface area contributed by atoms with Crippen LogP contribution in [-0.2, 0) is 4.79 Å². The number of allylic oxidation sites excluding steroid dienone is 1. The third-order valence-corrected chi connectivity index (χ3v) is 2.56. The summed E-state index contributed by atoms with van der Waals surface area (Å²) in [6, 6.07) is 7.25. The number of amides is 1. The molecule has 18 heavy (non-hydrogen) atoms. The van der Waals surface area contributed by atoms with Crippen molar-refractivity contribution in [1.82, 2.24) is 5.32 Å². The van der Waals surface area contributed by atoms with Crippen LogP contribution in [0.3, 0.4) is 0 Å². The molecule has 1 atom stereocenters. The van der Waals surface area contributed by atoms with E-state index in [1.54, 1.807) is 14.0 Å². The fourth-order valence-electron chi connectivity index (χ4n) is 1.46. The molecule has 2 N–H and O–H groups in total. The third-order valence-electron chi connectivity index (χ3n) is 2.56. The fourth-order valence-corrected chi connectivity index (χ4v) is 1.46. The average molecular weight is 249 g/mol. The second-order valence-electron chi connectivity index (χ2n) is 4.15. The lowest BCUT2D eigenvalue weighted by Gasteiger charge is -2.09. The Labute approximate surface area is 107 Å². The summed E-state index contributed by atoms with van der Waals surface area (Å²) in [7, 11) is 1.61. The zero-order valence-electron chi connectivity index (χ0n) is 10.9. The molecule has 1 aromatic rings. The largest absolute Gasteiger partial charge is 0.497 e. The van der Waals surface area contributed by atoms with Gasteiger partial charge in [-0.25, -0.2) is 0 Å². The Morgan fingerprint density at radius 1 is 1.44 bits per heavy atom. The molecule has 0 heterocycles. The van der Waals surface area contributed by atoms with Crippen LogP contribution in [0.25, 0.3) is 5.57 Å². The highest BCUT2D eigenvalue weighted by Crippen LogP contribution is 2.17. The van der Waals surface area contributed by atoms with Gasteiger partial charge in [0.15, 0.2) is 0 Å². The van der Waals surface area contributed by atoms with Gasteiger partial charge in [-0.2, -0.15) is 0 Å². The van der Waals surface area contributed by atoms with E-state index < -0.39 is 0 Å². The van der Waals surface area contributed by atoms with Crippen LogP contribution < -0.4 is 10.1 Å². The zero-order valence-corrected chi connectivity index (χ0v) is 10.9. The van der Waals surface area contributed by atoms with Gasteiger partial charge in [0, 0.05) is 12.1 Å². The maximum Gasteiger partial charge on any atom is 0.244 e. The van der Waals surface area contributed by atoms with Gasteiger partial charge in [0.05, 0.1) is 13.7 Å². The van der Waals surface area contributed by atoms with Gasteiger partial charge in [-0.05, 0) is 37.1 Å². The maximum atomic E-state index is 11.6. The lowest BCUT2D eigenvalue weighted by Crippen LogP contribution is -2.33. The molecule has 1 amide bonds. The van der Waals surface area contributed by atoms with Crippen molar-refractivity contribution >= 4 is 11.5 Å². The Bertz CT molecular complexity index is 423. The Balaban J connectivity index is 2.72. The molecule has 0 aliphatic rings. The molecule has 4 heteroatoms. The van der Waals surface area contributed by atoms with Crippen molar-refractivity contribution in [3.05, 3.63) is 35.9 Å². The number of carbonyl (C=O) groups excluding carboxylic acids is 1. The third kappa shape index (κ3) is 4.22. The summed E-state index contributed by atoms with van der Waals surface area (Å²) < 4.78 is 5.07. The molecule has 1 rings (SSSR count). The average Bonchev–Trinajstić information content (AvgIpc) is 2.38. The van der Waals surface area contributed by atoms with Gasteiger partial charge in [-0.1, -0.05) is 12.1 Å². The highest BCUT2D eigenvalue weighted by Gasteiger charge is 2.04. The minimum absolute atomic E-state index is 0.0683. The van der Waals surface area contributed by atoms with Crippen LogP contribution >= 0.6 is 0 Å². The number of aliphatic hydroxyl groups excluding tert-OH is 1. The second kappa shape index (κ2) is 6.81. The van der Waals surface area contributed by atoms with Crippen molar-refractivity contribution in [2.45, 2.75) is 19.9 Å². The number of methoxy groups -OCH3 is 1. The van der Waals surface area contributed by atoms with Gasteiger partial charge in [-0.3, -0.25) is 4.79 Å². The molecule has 98 valence electrons. The Hall–Kier alpha value is -1.81. The first-order chi connectivity index (χ1) is 8.56. The zero-order chi connectivity index (χ0) is 13.5. The normalized spacial score (nSPS) is 13.0. The van der Waals surface area contributed by atoms with E-state index in [9.17, 15) is 4.79 Å². The van der Waals surface area contributed by atoms with Crippen molar-refractivity contribution < 1.29 is 14.6 Å². The maximum absolute atomic E-state index is 11.6. The highest BCUT2D eigenvalue weighted by atomic mass is 16.5. The SMILES string of the molecule is COc1ccc(/C(C)=C/C(=O)N[C@@H](C)CO)cc1. The molecule has 0 fully saturated rings. The summed E-state index contributed by atoms with van der Waals surface area (Å²) in [5.41, 5.74) is 1.82. The summed E-state index contributed by atoms with van der Waals surface area (Å²) in [4.78, 5) is 11.6. The number of hydrogen-bond donors (Lipinski definition) is 2. The van der Waals surface area contributed by atoms with E-state index in [-0.39, 0.29) is 18.6 Å². The molecule has 1 aromatic carbocycles. The second-order valence-corrected chi connectivity index (χ2v) is 4.15. The molecule has 0 unspecified atom stereocenters. The first-order valence-corrected chi connectivity index (χ1v) is 5.81. The van der Waals surface area contributed by atoms with E-state index in [1.807, 2.05) is 31.2 Å². The molecule has 0 saturated heterocycles. The van der Waals surface area contributed by atoms with E-state index in [4.69, 9.17) is 9.84 Å². The van der Waals surface area contributed by atoms with Gasteiger partial charge in [0.25, 0.3) is 0 Å². The quantitative estimate of drug-likeness (QED) is 0.779. The molecule has 0 bridgehead atoms. The van der Waals surface area contributed by atoms with Crippen molar-refractivity contribution in [2.24, 2.45) is 0 Å². The first kappa shape index (κ1) is 14.3. The van der Waals surface area contributed by atoms with Crippen LogP contribution in [0.5, 0.6) is 5.75 Å². The number of benzene rings is 1. The monoisotopic (exact) mass is 249 g/mol. The number of carbonyl (C=O) groups is 1. The minimum Gasteiger partial charge on any atom is -0.497 e. The Morgan fingerprint density at radius 2 is 2.06 bits per heavy atom. The molecular weight excluding hydrogens is 230 g/mol. The molecule has 0 saturated carbocycles. The molecule has 0 spiro atoms. The predicted molar refractivity (Wildman–Crippen MR) is 71.3 cm³/mol. The van der Waals surface area contributed by atoms with E-state index in [1.165, 1.54) is 6.08 Å². The number of ether oxygens (including phenoxy) is 1. The van der Waals surface area contributed by atoms with Crippen LogP contribution in [-0.4, -0.2) is 30.8 Å². The van der Waals surface area contributed by atoms with Crippen molar-refractivity contribution in [1.29, 1.82) is 0 Å². The van der Waals surface area contributed by atoms with Gasteiger partial charge in [0.2, 0.25) is 5.91 Å². The van der Waals surface area contributed by atoms with Crippen LogP contribution in [0.4, 0.5) is 0 Å². The van der Waals surface area contributed by atoms with Crippen LogP contribution in [0.15, 0.2) is 30.3 Å². The summed E-state index contributed by atoms with van der Waals surface area (Å²) in [5.74, 6) is 0.578. The summed E-state index contributed by atoms with van der Waals surface area (Å²) in [6.07, 6.45) is 1.52. The van der Waals surface area contributed by atoms with Crippen LogP contribution in [0.1, 0.15) is 19.4 Å². The van der Waals surface area contributed by atoms with Crippen molar-refractivity contribution in [3.63, 3.8) is 0 Å². The summed E-state index contributed by atoms with van der Waals surface area (Å²) >= 11 is 0. The van der Waals surface area contributed by atoms with E-state index in [2.05, 4.69) is 5.32 Å². The van der Waals surface area contributed by atoms with E-state index >= 15 is 0 Å². The van der Waals surface area contributed by atoms with Crippen LogP contribution in [0, 0.1) is 0 Å². The molecule has 0 aliphatic heterocycles. The first-order valence-electron chi connectivity index (χ1n) is 5.81. The van der Waals surface area contributed by atoms with Gasteiger partial charge in [0.1, 0.15) is 5.75 Å². The van der Waals surface area contributed by atoms with E-state index in [0.717, 1.165) is 16.9 Å². The molecular formula is C14H19NO3. The van der Waals surface area contributed by atoms with Crippen molar-refractivity contribution in [2.75, 3.05) is 13.7 Å². The highest BCUT2D eigenvalue weighted by molar-refractivity contribution is 5.95. The predicted octanol–water partition coefficient (Wildman–Crippen LogP) is 1.60. The smallest absolute Gasteiger partial charge is 0.244 e. The summed E-state index contributed by atoms with van der Waals surface area (Å²) in [6.45, 7) is 3.54. The lowest BCUT2D eigenvalue weighted by atomic mass is 10.1. The van der Waals surface area contributed by atoms with Gasteiger partial charge >= 0.3 is 0 Å². The fraction of sp³-hybridized carbons (Fsp3) is 0.357. The summed E-state index contributed by atoms with van der Waals surface area (Å²) in [5, 5.41) is 11.5. The topological polar surface area (TPSA) is 58.6 Å². The van der Waals surface area contributed by atoms with Gasteiger partial charge < -0.3 is 15.2 Å². The molecule has 4 nitrogen and oxygen atoms in total. The molecule has 0 aliphatic carbocycles. The van der Waals surface area contributed by atoms with Crippen molar-refractivity contribution in [3.8, 4) is 5.75 Å². The lowest BCUT2D eigenvalue weighted by molar-refractivity contribution is -0.117. The standard InChI is InChI=1S/C14H19NO3/c1-10(8-14(17)15-11(2)9-16)12-4-6-13(18-3)7-5-12/h4-8,11,16H,9H2,1-3H3,(H,15,17)/b10-8+/t11-/m0/s1. The Morgan fingerprint density at radius 3 is 2.56 bits per heavy atom. The minimum atomic E-state index is -0.239. The molecule has 0 radical (unpaired) electrons. The number of hydrogen-bond acceptors (Lipinski definition) is 3. The van der Waals surface area contributed by atoms with E-state index in [0.29, 0.717) is 0 Å². The Kier molecular flexibility index (Phi) is 5.39. The van der Waals surface area contributed by atoms with Crippen LogP contribution in [0.2, 0.25) is 0 Å². The number of aliphatic hydroxyl groups is 1. The number of rotatable bonds is 5. The van der Waals surface area contributed by atoms with Gasteiger partial charge in [-0.15, -0.1) is 0 Å².